The van der Waals surface area contributed by atoms with Gasteiger partial charge in [0.05, 0.1) is 23.2 Å². The number of fused-ring (bicyclic) bond motifs is 1. The Morgan fingerprint density at radius 3 is 2.64 bits per heavy atom. The molecular formula is C15H10N4O3. The van der Waals surface area contributed by atoms with Gasteiger partial charge >= 0.3 is 0 Å². The smallest absolute Gasteiger partial charge is 0.228 e. The Balaban J connectivity index is 2.07. The zero-order chi connectivity index (χ0) is 15.7. The van der Waals surface area contributed by atoms with Crippen LogP contribution in [0.3, 0.4) is 0 Å². The van der Waals surface area contributed by atoms with Gasteiger partial charge in [-0.25, -0.2) is 4.98 Å². The molecule has 1 aliphatic carbocycles. The summed E-state index contributed by atoms with van der Waals surface area (Å²) in [6.45, 7) is 1.26. The monoisotopic (exact) mass is 294 g/mol. The van der Waals surface area contributed by atoms with Gasteiger partial charge in [0.1, 0.15) is 11.4 Å². The van der Waals surface area contributed by atoms with E-state index >= 15 is 0 Å². The van der Waals surface area contributed by atoms with E-state index in [-0.39, 0.29) is 22.7 Å². The van der Waals surface area contributed by atoms with Gasteiger partial charge in [0.2, 0.25) is 11.7 Å². The summed E-state index contributed by atoms with van der Waals surface area (Å²) in [6, 6.07) is 3.12. The average Bonchev–Trinajstić information content (AvgIpc) is 2.52. The van der Waals surface area contributed by atoms with E-state index in [1.807, 2.05) is 0 Å². The largest absolute Gasteiger partial charge is 0.323 e. The Bertz CT molecular complexity index is 828. The minimum absolute atomic E-state index is 0.000553. The lowest BCUT2D eigenvalue weighted by molar-refractivity contribution is -0.118. The first kappa shape index (κ1) is 13.7. The van der Waals surface area contributed by atoms with Gasteiger partial charge in [-0.1, -0.05) is 0 Å². The van der Waals surface area contributed by atoms with Crippen molar-refractivity contribution in [2.24, 2.45) is 0 Å². The third-order valence-corrected chi connectivity index (χ3v) is 3.03. The van der Waals surface area contributed by atoms with E-state index in [1.54, 1.807) is 6.07 Å². The molecule has 22 heavy (non-hydrogen) atoms. The molecular weight excluding hydrogens is 284 g/mol. The van der Waals surface area contributed by atoms with Crippen molar-refractivity contribution in [3.63, 3.8) is 0 Å². The number of pyridine rings is 1. The number of carbonyl (C=O) groups is 3. The number of amides is 1. The lowest BCUT2D eigenvalue weighted by Crippen LogP contribution is -2.30. The molecule has 2 aromatic rings. The van der Waals surface area contributed by atoms with Crippen LogP contribution in [0.5, 0.6) is 0 Å². The molecule has 0 radical (unpaired) electrons. The molecule has 0 spiro atoms. The van der Waals surface area contributed by atoms with Gasteiger partial charge in [-0.3, -0.25) is 24.4 Å². The minimum atomic E-state index is -0.504. The minimum Gasteiger partial charge on any atom is -0.323 e. The van der Waals surface area contributed by atoms with Crippen LogP contribution >= 0.6 is 0 Å². The summed E-state index contributed by atoms with van der Waals surface area (Å²) in [5.74, 6) is -1.31. The first-order chi connectivity index (χ1) is 10.6. The number of nitrogens with one attached hydrogen (secondary N) is 1. The number of Topliss-reactive ketones (excluding diaryl/α,β-unsaturated/α-hetero) is 1. The number of ketones is 2. The van der Waals surface area contributed by atoms with E-state index in [2.05, 4.69) is 20.3 Å². The molecule has 3 rings (SSSR count). The molecule has 0 saturated heterocycles. The molecule has 7 nitrogen and oxygen atoms in total. The number of carbonyl (C=O) groups excluding carboxylic acids is 3. The number of hydrogen-bond acceptors (Lipinski definition) is 6. The van der Waals surface area contributed by atoms with Gasteiger partial charge in [-0.15, -0.1) is 0 Å². The van der Waals surface area contributed by atoms with E-state index in [0.29, 0.717) is 11.4 Å². The SMILES string of the molecule is CC(=O)NC1=CC(=O)c2ccc(-c3cnccn3)nc2C1=O. The topological polar surface area (TPSA) is 102 Å². The molecule has 1 N–H and O–H groups in total. The van der Waals surface area contributed by atoms with Crippen LogP contribution in [0.2, 0.25) is 0 Å². The fraction of sp³-hybridized carbons (Fsp3) is 0.0667. The summed E-state index contributed by atoms with van der Waals surface area (Å²) in [4.78, 5) is 47.7. The van der Waals surface area contributed by atoms with Crippen molar-refractivity contribution >= 4 is 17.5 Å². The summed E-state index contributed by atoms with van der Waals surface area (Å²) in [5, 5.41) is 2.35. The van der Waals surface area contributed by atoms with Crippen LogP contribution in [0.4, 0.5) is 0 Å². The molecule has 0 atom stereocenters. The Morgan fingerprint density at radius 1 is 1.14 bits per heavy atom. The lowest BCUT2D eigenvalue weighted by Gasteiger charge is -2.15. The molecule has 0 aliphatic heterocycles. The van der Waals surface area contributed by atoms with Gasteiger partial charge in [0.15, 0.2) is 5.78 Å². The van der Waals surface area contributed by atoms with Gasteiger partial charge in [-0.2, -0.15) is 0 Å². The Kier molecular flexibility index (Phi) is 3.30. The average molecular weight is 294 g/mol. The highest BCUT2D eigenvalue weighted by atomic mass is 16.2. The molecule has 1 amide bonds. The maximum absolute atomic E-state index is 12.3. The van der Waals surface area contributed by atoms with Crippen LogP contribution in [0.25, 0.3) is 11.4 Å². The first-order valence-electron chi connectivity index (χ1n) is 6.42. The number of hydrogen-bond donors (Lipinski definition) is 1. The van der Waals surface area contributed by atoms with Crippen molar-refractivity contribution in [2.45, 2.75) is 6.92 Å². The second-order valence-corrected chi connectivity index (χ2v) is 4.62. The molecule has 0 fully saturated rings. The molecule has 7 heteroatoms. The van der Waals surface area contributed by atoms with Crippen LogP contribution in [0.1, 0.15) is 27.8 Å². The molecule has 0 aromatic carbocycles. The highest BCUT2D eigenvalue weighted by molar-refractivity contribution is 6.24. The lowest BCUT2D eigenvalue weighted by atomic mass is 9.96. The summed E-state index contributed by atoms with van der Waals surface area (Å²) >= 11 is 0. The van der Waals surface area contributed by atoms with Crippen molar-refractivity contribution in [3.05, 3.63) is 53.8 Å². The maximum atomic E-state index is 12.3. The summed E-state index contributed by atoms with van der Waals surface area (Å²) in [5.41, 5.74) is 1.04. The third kappa shape index (κ3) is 2.39. The van der Waals surface area contributed by atoms with Crippen LogP contribution in [-0.2, 0) is 4.79 Å². The second kappa shape index (κ2) is 5.28. The van der Waals surface area contributed by atoms with E-state index < -0.39 is 11.7 Å². The fourth-order valence-corrected chi connectivity index (χ4v) is 2.09. The third-order valence-electron chi connectivity index (χ3n) is 3.03. The van der Waals surface area contributed by atoms with Crippen LogP contribution in [0.15, 0.2) is 42.5 Å². The highest BCUT2D eigenvalue weighted by Gasteiger charge is 2.28. The van der Waals surface area contributed by atoms with Crippen molar-refractivity contribution in [1.29, 1.82) is 0 Å². The highest BCUT2D eigenvalue weighted by Crippen LogP contribution is 2.22. The molecule has 108 valence electrons. The van der Waals surface area contributed by atoms with Gasteiger partial charge in [0, 0.05) is 25.4 Å². The summed E-state index contributed by atoms with van der Waals surface area (Å²) in [7, 11) is 0. The van der Waals surface area contributed by atoms with E-state index in [1.165, 1.54) is 31.6 Å². The van der Waals surface area contributed by atoms with Crippen LogP contribution in [0, 0.1) is 0 Å². The Morgan fingerprint density at radius 2 is 1.95 bits per heavy atom. The maximum Gasteiger partial charge on any atom is 0.228 e. The van der Waals surface area contributed by atoms with Crippen LogP contribution < -0.4 is 5.32 Å². The number of allylic oxidation sites excluding steroid dienone is 2. The van der Waals surface area contributed by atoms with E-state index in [9.17, 15) is 14.4 Å². The predicted molar refractivity (Wildman–Crippen MR) is 75.8 cm³/mol. The van der Waals surface area contributed by atoms with Crippen molar-refractivity contribution in [1.82, 2.24) is 20.3 Å². The van der Waals surface area contributed by atoms with Crippen molar-refractivity contribution in [2.75, 3.05) is 0 Å². The predicted octanol–water partition coefficient (Wildman–Crippen LogP) is 0.938. The van der Waals surface area contributed by atoms with Gasteiger partial charge < -0.3 is 5.32 Å². The fourth-order valence-electron chi connectivity index (χ4n) is 2.09. The Labute approximate surface area is 125 Å². The van der Waals surface area contributed by atoms with Crippen LogP contribution in [-0.4, -0.2) is 32.4 Å². The molecule has 2 aromatic heterocycles. The van der Waals surface area contributed by atoms with Gasteiger partial charge in [0.25, 0.3) is 0 Å². The summed E-state index contributed by atoms with van der Waals surface area (Å²) < 4.78 is 0. The number of nitrogens with zero attached hydrogens (tertiary/aromatic N) is 3. The number of aromatic nitrogens is 3. The van der Waals surface area contributed by atoms with E-state index in [0.717, 1.165) is 6.08 Å². The molecule has 2 heterocycles. The zero-order valence-corrected chi connectivity index (χ0v) is 11.5. The first-order valence-corrected chi connectivity index (χ1v) is 6.42. The molecule has 0 saturated carbocycles. The molecule has 0 unspecified atom stereocenters. The molecule has 1 aliphatic rings. The number of rotatable bonds is 2. The standard InChI is InChI=1S/C15H10N4O3/c1-8(20)18-11-6-13(21)9-2-3-10(19-14(9)15(11)22)12-7-16-4-5-17-12/h2-7H,1H3,(H,18,20). The quantitative estimate of drug-likeness (QED) is 0.884. The Hall–Kier alpha value is -3.22. The zero-order valence-electron chi connectivity index (χ0n) is 11.5. The molecule has 0 bridgehead atoms. The normalized spacial score (nSPS) is 13.4. The van der Waals surface area contributed by atoms with Gasteiger partial charge in [-0.05, 0) is 12.1 Å². The van der Waals surface area contributed by atoms with Crippen molar-refractivity contribution < 1.29 is 14.4 Å². The van der Waals surface area contributed by atoms with E-state index in [4.69, 9.17) is 0 Å². The second-order valence-electron chi connectivity index (χ2n) is 4.62. The summed E-state index contributed by atoms with van der Waals surface area (Å²) in [6.07, 6.45) is 5.64. The van der Waals surface area contributed by atoms with Crippen molar-refractivity contribution in [3.8, 4) is 11.4 Å².